The highest BCUT2D eigenvalue weighted by Gasteiger charge is 2.00. The van der Waals surface area contributed by atoms with Crippen molar-refractivity contribution in [2.45, 2.75) is 6.42 Å². The van der Waals surface area contributed by atoms with E-state index in [1.54, 1.807) is 11.0 Å². The molecule has 0 bridgehead atoms. The van der Waals surface area contributed by atoms with Crippen molar-refractivity contribution in [3.63, 3.8) is 0 Å². The van der Waals surface area contributed by atoms with Crippen LogP contribution < -0.4 is 9.47 Å². The lowest BCUT2D eigenvalue weighted by molar-refractivity contribution is 0.247. The predicted octanol–water partition coefficient (Wildman–Crippen LogP) is 2.51. The van der Waals surface area contributed by atoms with Crippen LogP contribution in [0.15, 0.2) is 60.9 Å². The molecule has 0 radical (unpaired) electrons. The molecule has 1 aromatic heterocycles. The molecular weight excluding hydrogens is 280 g/mol. The highest BCUT2D eigenvalue weighted by atomic mass is 16.5. The third-order valence-electron chi connectivity index (χ3n) is 3.00. The topological polar surface area (TPSA) is 62.1 Å². The smallest absolute Gasteiger partial charge is 0.143 e. The Bertz CT molecular complexity index is 686. The van der Waals surface area contributed by atoms with Crippen molar-refractivity contribution in [3.8, 4) is 17.2 Å². The maximum Gasteiger partial charge on any atom is 0.143 e. The predicted molar refractivity (Wildman–Crippen MR) is 81.2 cm³/mol. The fourth-order valence-corrected chi connectivity index (χ4v) is 1.95. The summed E-state index contributed by atoms with van der Waals surface area (Å²) in [5.74, 6) is 1.66. The molecule has 0 saturated heterocycles. The van der Waals surface area contributed by atoms with Gasteiger partial charge in [0.25, 0.3) is 0 Å². The first-order valence-electron chi connectivity index (χ1n) is 7.06. The summed E-state index contributed by atoms with van der Waals surface area (Å²) in [6.45, 7) is 1.21. The monoisotopic (exact) mass is 296 g/mol. The average molecular weight is 296 g/mol. The molecule has 0 aliphatic carbocycles. The van der Waals surface area contributed by atoms with Gasteiger partial charge in [-0.1, -0.05) is 24.3 Å². The molecule has 3 aromatic rings. The summed E-state index contributed by atoms with van der Waals surface area (Å²) in [6, 6.07) is 17.4. The van der Waals surface area contributed by atoms with Gasteiger partial charge in [0, 0.05) is 12.5 Å². The van der Waals surface area contributed by atoms with E-state index in [1.807, 2.05) is 54.6 Å². The number of benzene rings is 2. The van der Waals surface area contributed by atoms with Crippen molar-refractivity contribution in [1.82, 2.24) is 20.2 Å². The minimum Gasteiger partial charge on any atom is -0.493 e. The van der Waals surface area contributed by atoms with E-state index in [0.717, 1.165) is 23.6 Å². The van der Waals surface area contributed by atoms with Crippen molar-refractivity contribution in [2.24, 2.45) is 0 Å². The standard InChI is InChI=1S/C16H16N4O2/c1-2-7-15(8-3-1)21-10-5-11-22-16-9-4-6-14(12-16)20-13-17-18-19-20/h1-4,6-9,12-13H,5,10-11H2. The van der Waals surface area contributed by atoms with Crippen LogP contribution in [0.5, 0.6) is 11.5 Å². The molecule has 2 aromatic carbocycles. The maximum absolute atomic E-state index is 5.72. The third kappa shape index (κ3) is 3.82. The first-order chi connectivity index (χ1) is 10.9. The highest BCUT2D eigenvalue weighted by Crippen LogP contribution is 2.16. The van der Waals surface area contributed by atoms with Gasteiger partial charge in [-0.15, -0.1) is 5.10 Å². The van der Waals surface area contributed by atoms with E-state index in [0.29, 0.717) is 13.2 Å². The molecule has 0 atom stereocenters. The average Bonchev–Trinajstić information content (AvgIpc) is 3.10. The van der Waals surface area contributed by atoms with Crippen molar-refractivity contribution >= 4 is 0 Å². The number of aromatic nitrogens is 4. The summed E-state index contributed by atoms with van der Waals surface area (Å²) in [5, 5.41) is 11.1. The molecule has 0 aliphatic rings. The van der Waals surface area contributed by atoms with Crippen LogP contribution in [-0.2, 0) is 0 Å². The largest absolute Gasteiger partial charge is 0.493 e. The van der Waals surface area contributed by atoms with Gasteiger partial charge in [0.05, 0.1) is 18.9 Å². The zero-order valence-electron chi connectivity index (χ0n) is 12.0. The molecule has 1 heterocycles. The third-order valence-corrected chi connectivity index (χ3v) is 3.00. The van der Waals surface area contributed by atoms with E-state index >= 15 is 0 Å². The van der Waals surface area contributed by atoms with Crippen LogP contribution in [0.1, 0.15) is 6.42 Å². The molecule has 0 unspecified atom stereocenters. The number of hydrogen-bond acceptors (Lipinski definition) is 5. The normalized spacial score (nSPS) is 10.4. The molecule has 22 heavy (non-hydrogen) atoms. The Morgan fingerprint density at radius 1 is 0.864 bits per heavy atom. The minimum atomic E-state index is 0.589. The summed E-state index contributed by atoms with van der Waals surface area (Å²) in [6.07, 6.45) is 2.36. The highest BCUT2D eigenvalue weighted by molar-refractivity contribution is 5.37. The van der Waals surface area contributed by atoms with Gasteiger partial charge in [0.2, 0.25) is 0 Å². The first-order valence-corrected chi connectivity index (χ1v) is 7.06. The molecule has 0 aliphatic heterocycles. The Hall–Kier alpha value is -2.89. The molecule has 0 fully saturated rings. The molecule has 3 rings (SSSR count). The van der Waals surface area contributed by atoms with Gasteiger partial charge in [-0.05, 0) is 34.7 Å². The molecule has 0 amide bonds. The molecule has 6 nitrogen and oxygen atoms in total. The maximum atomic E-state index is 5.72. The lowest BCUT2D eigenvalue weighted by Crippen LogP contribution is -2.05. The molecule has 0 spiro atoms. The second-order valence-corrected chi connectivity index (χ2v) is 4.62. The Kier molecular flexibility index (Phi) is 4.61. The zero-order chi connectivity index (χ0) is 15.0. The van der Waals surface area contributed by atoms with Crippen LogP contribution in [0, 0.1) is 0 Å². The van der Waals surface area contributed by atoms with Gasteiger partial charge in [-0.2, -0.15) is 0 Å². The SMILES string of the molecule is c1ccc(OCCCOc2cccc(-n3cnnn3)c2)cc1. The van der Waals surface area contributed by atoms with Crippen LogP contribution in [0.4, 0.5) is 0 Å². The second kappa shape index (κ2) is 7.21. The van der Waals surface area contributed by atoms with Crippen molar-refractivity contribution in [2.75, 3.05) is 13.2 Å². The van der Waals surface area contributed by atoms with Gasteiger partial charge in [-0.3, -0.25) is 0 Å². The Morgan fingerprint density at radius 2 is 1.64 bits per heavy atom. The summed E-state index contributed by atoms with van der Waals surface area (Å²) in [7, 11) is 0. The molecule has 0 saturated carbocycles. The quantitative estimate of drug-likeness (QED) is 0.627. The lowest BCUT2D eigenvalue weighted by Gasteiger charge is -2.09. The summed E-state index contributed by atoms with van der Waals surface area (Å²) >= 11 is 0. The first kappa shape index (κ1) is 14.1. The molecule has 0 N–H and O–H groups in total. The van der Waals surface area contributed by atoms with Crippen LogP contribution in [0.2, 0.25) is 0 Å². The number of para-hydroxylation sites is 1. The summed E-state index contributed by atoms with van der Waals surface area (Å²) in [5.41, 5.74) is 0.864. The van der Waals surface area contributed by atoms with Crippen LogP contribution in [0.3, 0.4) is 0 Å². The van der Waals surface area contributed by atoms with Crippen LogP contribution in [-0.4, -0.2) is 33.4 Å². The van der Waals surface area contributed by atoms with Crippen LogP contribution >= 0.6 is 0 Å². The van der Waals surface area contributed by atoms with Crippen LogP contribution in [0.25, 0.3) is 5.69 Å². The van der Waals surface area contributed by atoms with Gasteiger partial charge in [-0.25, -0.2) is 4.68 Å². The number of tetrazole rings is 1. The van der Waals surface area contributed by atoms with Gasteiger partial charge >= 0.3 is 0 Å². The lowest BCUT2D eigenvalue weighted by atomic mass is 10.3. The zero-order valence-corrected chi connectivity index (χ0v) is 12.0. The van der Waals surface area contributed by atoms with Crippen molar-refractivity contribution < 1.29 is 9.47 Å². The van der Waals surface area contributed by atoms with Crippen molar-refractivity contribution in [3.05, 3.63) is 60.9 Å². The number of nitrogens with zero attached hydrogens (tertiary/aromatic N) is 4. The Balaban J connectivity index is 1.45. The van der Waals surface area contributed by atoms with E-state index in [9.17, 15) is 0 Å². The Morgan fingerprint density at radius 3 is 2.41 bits per heavy atom. The number of rotatable bonds is 7. The number of hydrogen-bond donors (Lipinski definition) is 0. The molecule has 112 valence electrons. The second-order valence-electron chi connectivity index (χ2n) is 4.62. The summed E-state index contributed by atoms with van der Waals surface area (Å²) in [4.78, 5) is 0. The van der Waals surface area contributed by atoms with E-state index in [4.69, 9.17) is 9.47 Å². The molecule has 6 heteroatoms. The van der Waals surface area contributed by atoms with E-state index in [1.165, 1.54) is 0 Å². The van der Waals surface area contributed by atoms with Gasteiger partial charge in [0.15, 0.2) is 0 Å². The summed E-state index contributed by atoms with van der Waals surface area (Å²) < 4.78 is 12.9. The fourth-order valence-electron chi connectivity index (χ4n) is 1.95. The molecular formula is C16H16N4O2. The minimum absolute atomic E-state index is 0.589. The van der Waals surface area contributed by atoms with Gasteiger partial charge in [0.1, 0.15) is 17.8 Å². The van der Waals surface area contributed by atoms with E-state index < -0.39 is 0 Å². The Labute approximate surface area is 128 Å². The fraction of sp³-hybridized carbons (Fsp3) is 0.188. The van der Waals surface area contributed by atoms with E-state index in [-0.39, 0.29) is 0 Å². The number of ether oxygens (including phenoxy) is 2. The van der Waals surface area contributed by atoms with Gasteiger partial charge < -0.3 is 9.47 Å². The van der Waals surface area contributed by atoms with Crippen molar-refractivity contribution in [1.29, 1.82) is 0 Å². The van der Waals surface area contributed by atoms with E-state index in [2.05, 4.69) is 15.5 Å².